The van der Waals surface area contributed by atoms with Gasteiger partial charge in [0.25, 0.3) is 0 Å². The van der Waals surface area contributed by atoms with Crippen molar-refractivity contribution in [2.24, 2.45) is 0 Å². The fourth-order valence-electron chi connectivity index (χ4n) is 10.9. The van der Waals surface area contributed by atoms with Gasteiger partial charge in [-0.1, -0.05) is 170 Å². The molecule has 0 saturated heterocycles. The lowest BCUT2D eigenvalue weighted by molar-refractivity contribution is 0.623. The zero-order valence-corrected chi connectivity index (χ0v) is 31.6. The van der Waals surface area contributed by atoms with E-state index in [0.29, 0.717) is 0 Å². The van der Waals surface area contributed by atoms with Crippen LogP contribution in [0.4, 0.5) is 17.1 Å². The molecule has 0 saturated carbocycles. The fourth-order valence-corrected chi connectivity index (χ4v) is 10.9. The molecule has 2 nitrogen and oxygen atoms in total. The van der Waals surface area contributed by atoms with Gasteiger partial charge in [0.1, 0.15) is 11.2 Å². The minimum atomic E-state index is -0.523. The van der Waals surface area contributed by atoms with Crippen LogP contribution < -0.4 is 4.90 Å². The average molecular weight is 738 g/mol. The normalized spacial score (nSPS) is 16.8. The van der Waals surface area contributed by atoms with Gasteiger partial charge in [0.2, 0.25) is 0 Å². The van der Waals surface area contributed by atoms with Gasteiger partial charge in [-0.3, -0.25) is 0 Å². The maximum atomic E-state index is 6.49. The number of hydrogen-bond acceptors (Lipinski definition) is 2. The van der Waals surface area contributed by atoms with Crippen molar-refractivity contribution in [2.45, 2.75) is 11.3 Å². The number of para-hydroxylation sites is 2. The Hall–Kier alpha value is -7.42. The van der Waals surface area contributed by atoms with Crippen molar-refractivity contribution in [1.82, 2.24) is 0 Å². The third-order valence-electron chi connectivity index (χ3n) is 13.2. The SMILES string of the molecule is c1ccc(-c2ccc3c(c2)C24c5ccccc5C(c5ccccc52)c2c(-c5ccccc5)ccc(c24)N3c2ccc(-c3cccc4c3oc3ccccc34)cc2)cc1. The molecule has 2 bridgehead atoms. The maximum absolute atomic E-state index is 6.49. The zero-order chi connectivity index (χ0) is 38.0. The molecule has 1 aliphatic heterocycles. The first-order valence-corrected chi connectivity index (χ1v) is 20.2. The van der Waals surface area contributed by atoms with Crippen LogP contribution in [0.15, 0.2) is 211 Å². The molecule has 0 fully saturated rings. The highest BCUT2D eigenvalue weighted by Gasteiger charge is 2.58. The van der Waals surface area contributed by atoms with Gasteiger partial charge >= 0.3 is 0 Å². The van der Waals surface area contributed by atoms with E-state index in [1.54, 1.807) is 0 Å². The molecular weight excluding hydrogens is 703 g/mol. The molecular formula is C56H35NO. The maximum Gasteiger partial charge on any atom is 0.143 e. The highest BCUT2D eigenvalue weighted by atomic mass is 16.3. The number of furan rings is 1. The van der Waals surface area contributed by atoms with E-state index in [0.717, 1.165) is 38.8 Å². The van der Waals surface area contributed by atoms with Crippen molar-refractivity contribution in [3.05, 3.63) is 245 Å². The molecule has 14 rings (SSSR count). The molecule has 9 aromatic carbocycles. The van der Waals surface area contributed by atoms with E-state index in [4.69, 9.17) is 4.42 Å². The predicted molar refractivity (Wildman–Crippen MR) is 238 cm³/mol. The van der Waals surface area contributed by atoms with Gasteiger partial charge in [-0.25, -0.2) is 0 Å². The summed E-state index contributed by atoms with van der Waals surface area (Å²) in [6.07, 6.45) is 0. The van der Waals surface area contributed by atoms with Gasteiger partial charge in [-0.15, -0.1) is 0 Å². The lowest BCUT2D eigenvalue weighted by Crippen LogP contribution is -2.47. The topological polar surface area (TPSA) is 16.4 Å². The quantitative estimate of drug-likeness (QED) is 0.179. The Bertz CT molecular complexity index is 3240. The Morgan fingerprint density at radius 1 is 0.414 bits per heavy atom. The van der Waals surface area contributed by atoms with E-state index in [9.17, 15) is 0 Å². The van der Waals surface area contributed by atoms with Crippen LogP contribution in [0.5, 0.6) is 0 Å². The highest BCUT2D eigenvalue weighted by molar-refractivity contribution is 6.09. The van der Waals surface area contributed by atoms with E-state index in [2.05, 4.69) is 205 Å². The monoisotopic (exact) mass is 737 g/mol. The molecule has 2 heteroatoms. The van der Waals surface area contributed by atoms with Crippen LogP contribution >= 0.6 is 0 Å². The number of nitrogens with zero attached hydrogens (tertiary/aromatic N) is 1. The van der Waals surface area contributed by atoms with Crippen LogP contribution in [0, 0.1) is 0 Å². The molecule has 4 aliphatic rings. The smallest absolute Gasteiger partial charge is 0.143 e. The first-order chi connectivity index (χ1) is 28.8. The Morgan fingerprint density at radius 3 is 1.78 bits per heavy atom. The number of rotatable bonds is 4. The first-order valence-electron chi connectivity index (χ1n) is 20.2. The molecule has 1 spiro atoms. The van der Waals surface area contributed by atoms with Crippen LogP contribution in [0.25, 0.3) is 55.3 Å². The van der Waals surface area contributed by atoms with Crippen molar-refractivity contribution in [3.8, 4) is 33.4 Å². The third-order valence-corrected chi connectivity index (χ3v) is 13.2. The Kier molecular flexibility index (Phi) is 6.46. The van der Waals surface area contributed by atoms with E-state index in [1.807, 2.05) is 6.07 Å². The van der Waals surface area contributed by atoms with Gasteiger partial charge in [0, 0.05) is 33.5 Å². The summed E-state index contributed by atoms with van der Waals surface area (Å²) in [5.74, 6) is 0.104. The highest BCUT2D eigenvalue weighted by Crippen LogP contribution is 2.69. The summed E-state index contributed by atoms with van der Waals surface area (Å²) in [6.45, 7) is 0. The molecule has 270 valence electrons. The molecule has 1 aromatic heterocycles. The second kappa shape index (κ2) is 11.8. The second-order valence-electron chi connectivity index (χ2n) is 15.9. The molecule has 3 aliphatic carbocycles. The lowest BCUT2D eigenvalue weighted by Gasteiger charge is -2.56. The molecule has 0 unspecified atom stereocenters. The van der Waals surface area contributed by atoms with Crippen molar-refractivity contribution < 1.29 is 4.42 Å². The minimum Gasteiger partial charge on any atom is -0.455 e. The van der Waals surface area contributed by atoms with E-state index < -0.39 is 5.41 Å². The molecule has 2 heterocycles. The zero-order valence-electron chi connectivity index (χ0n) is 31.6. The summed E-state index contributed by atoms with van der Waals surface area (Å²) in [7, 11) is 0. The van der Waals surface area contributed by atoms with E-state index in [1.165, 1.54) is 72.6 Å². The van der Waals surface area contributed by atoms with Crippen molar-refractivity contribution in [1.29, 1.82) is 0 Å². The third kappa shape index (κ3) is 4.11. The molecule has 0 amide bonds. The van der Waals surface area contributed by atoms with Crippen LogP contribution in [-0.4, -0.2) is 0 Å². The molecule has 58 heavy (non-hydrogen) atoms. The number of benzene rings is 9. The van der Waals surface area contributed by atoms with Gasteiger partial charge < -0.3 is 9.32 Å². The first kappa shape index (κ1) is 31.7. The van der Waals surface area contributed by atoms with E-state index in [-0.39, 0.29) is 5.92 Å². The summed E-state index contributed by atoms with van der Waals surface area (Å²) in [4.78, 5) is 2.53. The Balaban J connectivity index is 1.10. The largest absolute Gasteiger partial charge is 0.455 e. The van der Waals surface area contributed by atoms with E-state index >= 15 is 0 Å². The Morgan fingerprint density at radius 2 is 1.02 bits per heavy atom. The van der Waals surface area contributed by atoms with Crippen LogP contribution in [0.2, 0.25) is 0 Å². The summed E-state index contributed by atoms with van der Waals surface area (Å²) >= 11 is 0. The van der Waals surface area contributed by atoms with Crippen LogP contribution in [0.3, 0.4) is 0 Å². The molecule has 0 N–H and O–H groups in total. The molecule has 0 radical (unpaired) electrons. The van der Waals surface area contributed by atoms with Gasteiger partial charge in [-0.2, -0.15) is 0 Å². The van der Waals surface area contributed by atoms with Gasteiger partial charge in [0.15, 0.2) is 0 Å². The molecule has 0 atom stereocenters. The number of anilines is 3. The van der Waals surface area contributed by atoms with Crippen molar-refractivity contribution in [2.75, 3.05) is 4.90 Å². The van der Waals surface area contributed by atoms with Crippen molar-refractivity contribution in [3.63, 3.8) is 0 Å². The minimum absolute atomic E-state index is 0.104. The number of fused-ring (bicyclic) bond motifs is 4. The fraction of sp³-hybridized carbons (Fsp3) is 0.0357. The number of hydrogen-bond donors (Lipinski definition) is 0. The summed E-state index contributed by atoms with van der Waals surface area (Å²) < 4.78 is 6.49. The average Bonchev–Trinajstić information content (AvgIpc) is 3.69. The molecule has 10 aromatic rings. The summed E-state index contributed by atoms with van der Waals surface area (Å²) in [5.41, 5.74) is 21.8. The standard InChI is InChI=1S/C56H35NO/c1-3-14-35(15-4-1)38-28-32-49-48(34-38)56-46-23-10-7-19-44(46)52(45-20-8-11-24-47(45)56)53-40(36-16-5-2-6-17-36)31-33-50(54(53)56)57(49)39-29-26-37(27-30-39)41-21-13-22-43-42-18-9-12-25-51(42)58-55(41)43/h1-34,52H. The summed E-state index contributed by atoms with van der Waals surface area (Å²) in [6, 6.07) is 76.2. The second-order valence-corrected chi connectivity index (χ2v) is 15.9. The summed E-state index contributed by atoms with van der Waals surface area (Å²) in [5, 5.41) is 2.29. The van der Waals surface area contributed by atoms with Crippen molar-refractivity contribution >= 4 is 39.0 Å². The van der Waals surface area contributed by atoms with Gasteiger partial charge in [0.05, 0.1) is 16.8 Å². The van der Waals surface area contributed by atoms with Gasteiger partial charge in [-0.05, 0) is 97.6 Å². The van der Waals surface area contributed by atoms with Crippen LogP contribution in [-0.2, 0) is 5.41 Å². The Labute approximate surface area is 336 Å². The predicted octanol–water partition coefficient (Wildman–Crippen LogP) is 14.6. The lowest BCUT2D eigenvalue weighted by atomic mass is 9.48. The van der Waals surface area contributed by atoms with Crippen LogP contribution in [0.1, 0.15) is 44.9 Å².